The van der Waals surface area contributed by atoms with Gasteiger partial charge in [-0.3, -0.25) is 4.79 Å². The second-order valence-electron chi connectivity index (χ2n) is 4.57. The third-order valence-corrected chi connectivity index (χ3v) is 3.26. The van der Waals surface area contributed by atoms with Gasteiger partial charge in [0.2, 0.25) is 5.91 Å². The molecule has 1 unspecified atom stereocenters. The van der Waals surface area contributed by atoms with Gasteiger partial charge in [0.05, 0.1) is 6.54 Å². The molecule has 0 aliphatic heterocycles. The number of halogens is 1. The molecule has 92 valence electrons. The molecule has 0 bridgehead atoms. The van der Waals surface area contributed by atoms with Crippen molar-refractivity contribution in [1.82, 2.24) is 5.32 Å². The summed E-state index contributed by atoms with van der Waals surface area (Å²) in [6.07, 6.45) is 2.56. The summed E-state index contributed by atoms with van der Waals surface area (Å²) in [4.78, 5) is 11.7. The lowest BCUT2D eigenvalue weighted by Crippen LogP contribution is -2.35. The van der Waals surface area contributed by atoms with Crippen LogP contribution < -0.4 is 10.6 Å². The molecular formula is C13H17ClN2O. The van der Waals surface area contributed by atoms with Gasteiger partial charge in [-0.2, -0.15) is 0 Å². The van der Waals surface area contributed by atoms with Gasteiger partial charge < -0.3 is 10.6 Å². The Hall–Kier alpha value is -1.06. The summed E-state index contributed by atoms with van der Waals surface area (Å²) in [6.45, 7) is 2.48. The quantitative estimate of drug-likeness (QED) is 0.846. The molecule has 1 fully saturated rings. The van der Waals surface area contributed by atoms with E-state index in [4.69, 9.17) is 11.6 Å². The van der Waals surface area contributed by atoms with E-state index in [1.807, 2.05) is 12.1 Å². The maximum atomic E-state index is 11.7. The average Bonchev–Trinajstić information content (AvgIpc) is 3.09. The smallest absolute Gasteiger partial charge is 0.238 e. The lowest BCUT2D eigenvalue weighted by atomic mass is 10.2. The molecular weight excluding hydrogens is 236 g/mol. The molecule has 0 radical (unpaired) electrons. The molecule has 4 heteroatoms. The van der Waals surface area contributed by atoms with Gasteiger partial charge in [0.1, 0.15) is 0 Å². The summed E-state index contributed by atoms with van der Waals surface area (Å²) in [5.41, 5.74) is 0.739. The maximum Gasteiger partial charge on any atom is 0.238 e. The van der Waals surface area contributed by atoms with Crippen molar-refractivity contribution in [2.24, 2.45) is 5.92 Å². The molecule has 0 aromatic heterocycles. The van der Waals surface area contributed by atoms with Crippen molar-refractivity contribution in [3.05, 3.63) is 29.3 Å². The van der Waals surface area contributed by atoms with Crippen LogP contribution in [0.25, 0.3) is 0 Å². The van der Waals surface area contributed by atoms with Crippen LogP contribution in [-0.2, 0) is 4.79 Å². The molecule has 1 aliphatic rings. The van der Waals surface area contributed by atoms with Crippen LogP contribution in [0.4, 0.5) is 5.69 Å². The molecule has 1 aromatic carbocycles. The van der Waals surface area contributed by atoms with Crippen molar-refractivity contribution < 1.29 is 4.79 Å². The fourth-order valence-electron chi connectivity index (χ4n) is 1.79. The number of hydrogen-bond acceptors (Lipinski definition) is 2. The van der Waals surface area contributed by atoms with Gasteiger partial charge in [-0.25, -0.2) is 0 Å². The van der Waals surface area contributed by atoms with E-state index >= 15 is 0 Å². The van der Waals surface area contributed by atoms with E-state index in [1.54, 1.807) is 12.1 Å². The fraction of sp³-hybridized carbons (Fsp3) is 0.462. The molecule has 2 rings (SSSR count). The zero-order valence-corrected chi connectivity index (χ0v) is 10.6. The maximum absolute atomic E-state index is 11.7. The van der Waals surface area contributed by atoms with E-state index in [9.17, 15) is 4.79 Å². The van der Waals surface area contributed by atoms with Gasteiger partial charge in [-0.05, 0) is 43.9 Å². The van der Waals surface area contributed by atoms with Crippen LogP contribution in [0.2, 0.25) is 5.02 Å². The van der Waals surface area contributed by atoms with E-state index in [0.29, 0.717) is 17.6 Å². The van der Waals surface area contributed by atoms with Gasteiger partial charge in [-0.15, -0.1) is 0 Å². The van der Waals surface area contributed by atoms with Crippen LogP contribution in [0.3, 0.4) is 0 Å². The second-order valence-corrected chi connectivity index (χ2v) is 5.00. The average molecular weight is 253 g/mol. The first-order valence-electron chi connectivity index (χ1n) is 5.94. The van der Waals surface area contributed by atoms with E-state index in [2.05, 4.69) is 17.6 Å². The fourth-order valence-corrected chi connectivity index (χ4v) is 1.98. The summed E-state index contributed by atoms with van der Waals surface area (Å²) in [5.74, 6) is 0.730. The summed E-state index contributed by atoms with van der Waals surface area (Å²) >= 11 is 5.84. The highest BCUT2D eigenvalue weighted by Crippen LogP contribution is 2.32. The number of carbonyl (C=O) groups excluding carboxylic acids is 1. The number of amides is 1. The van der Waals surface area contributed by atoms with Gasteiger partial charge in [0.25, 0.3) is 0 Å². The first kappa shape index (κ1) is 12.4. The summed E-state index contributed by atoms with van der Waals surface area (Å²) in [6, 6.07) is 7.60. The third-order valence-electron chi connectivity index (χ3n) is 3.02. The number of rotatable bonds is 5. The van der Waals surface area contributed by atoms with Crippen LogP contribution >= 0.6 is 11.6 Å². The third kappa shape index (κ3) is 4.02. The van der Waals surface area contributed by atoms with Gasteiger partial charge in [-0.1, -0.05) is 17.7 Å². The molecule has 1 aromatic rings. The lowest BCUT2D eigenvalue weighted by molar-refractivity contribution is -0.115. The van der Waals surface area contributed by atoms with E-state index in [1.165, 1.54) is 12.8 Å². The predicted octanol–water partition coefficient (Wildman–Crippen LogP) is 2.67. The molecule has 0 heterocycles. The zero-order valence-electron chi connectivity index (χ0n) is 9.87. The van der Waals surface area contributed by atoms with E-state index < -0.39 is 0 Å². The first-order valence-corrected chi connectivity index (χ1v) is 6.32. The van der Waals surface area contributed by atoms with Crippen molar-refractivity contribution in [2.75, 3.05) is 11.9 Å². The molecule has 1 saturated carbocycles. The molecule has 3 nitrogen and oxygen atoms in total. The first-order chi connectivity index (χ1) is 8.15. The standard InChI is InChI=1S/C13H17ClN2O/c1-9(10-5-6-10)15-8-13(17)16-12-4-2-3-11(14)7-12/h2-4,7,9-10,15H,5-6,8H2,1H3,(H,16,17). The van der Waals surface area contributed by atoms with Crippen LogP contribution in [0.15, 0.2) is 24.3 Å². The van der Waals surface area contributed by atoms with Crippen molar-refractivity contribution in [3.8, 4) is 0 Å². The van der Waals surface area contributed by atoms with Crippen molar-refractivity contribution in [3.63, 3.8) is 0 Å². The number of carbonyl (C=O) groups is 1. The van der Waals surface area contributed by atoms with Gasteiger partial charge >= 0.3 is 0 Å². The Balaban J connectivity index is 1.76. The highest BCUT2D eigenvalue weighted by Gasteiger charge is 2.27. The Morgan fingerprint density at radius 1 is 1.53 bits per heavy atom. The van der Waals surface area contributed by atoms with Crippen molar-refractivity contribution in [2.45, 2.75) is 25.8 Å². The van der Waals surface area contributed by atoms with E-state index in [0.717, 1.165) is 11.6 Å². The molecule has 2 N–H and O–H groups in total. The Bertz CT molecular complexity index is 404. The Morgan fingerprint density at radius 3 is 2.94 bits per heavy atom. The summed E-state index contributed by atoms with van der Waals surface area (Å²) < 4.78 is 0. The molecule has 1 aliphatic carbocycles. The highest BCUT2D eigenvalue weighted by atomic mass is 35.5. The normalized spacial score (nSPS) is 16.6. The van der Waals surface area contributed by atoms with Gasteiger partial charge in [0, 0.05) is 16.8 Å². The minimum absolute atomic E-state index is 0.0280. The minimum atomic E-state index is -0.0280. The Morgan fingerprint density at radius 2 is 2.29 bits per heavy atom. The number of anilines is 1. The molecule has 0 spiro atoms. The molecule has 17 heavy (non-hydrogen) atoms. The van der Waals surface area contributed by atoms with Crippen molar-refractivity contribution >= 4 is 23.2 Å². The Kier molecular flexibility index (Phi) is 4.02. The number of nitrogens with one attached hydrogen (secondary N) is 2. The van der Waals surface area contributed by atoms with Crippen LogP contribution in [0, 0.1) is 5.92 Å². The summed E-state index contributed by atoms with van der Waals surface area (Å²) in [7, 11) is 0. The van der Waals surface area contributed by atoms with Crippen LogP contribution in [0.5, 0.6) is 0 Å². The largest absolute Gasteiger partial charge is 0.325 e. The monoisotopic (exact) mass is 252 g/mol. The highest BCUT2D eigenvalue weighted by molar-refractivity contribution is 6.30. The molecule has 1 atom stereocenters. The van der Waals surface area contributed by atoms with Crippen LogP contribution in [0.1, 0.15) is 19.8 Å². The number of benzene rings is 1. The zero-order chi connectivity index (χ0) is 12.3. The Labute approximate surface area is 107 Å². The van der Waals surface area contributed by atoms with E-state index in [-0.39, 0.29) is 5.91 Å². The second kappa shape index (κ2) is 5.52. The summed E-state index contributed by atoms with van der Waals surface area (Å²) in [5, 5.41) is 6.67. The molecule has 0 saturated heterocycles. The van der Waals surface area contributed by atoms with Crippen LogP contribution in [-0.4, -0.2) is 18.5 Å². The number of hydrogen-bond donors (Lipinski definition) is 2. The molecule has 1 amide bonds. The minimum Gasteiger partial charge on any atom is -0.325 e. The van der Waals surface area contributed by atoms with Crippen molar-refractivity contribution in [1.29, 1.82) is 0 Å². The predicted molar refractivity (Wildman–Crippen MR) is 70.3 cm³/mol. The van der Waals surface area contributed by atoms with Gasteiger partial charge in [0.15, 0.2) is 0 Å². The topological polar surface area (TPSA) is 41.1 Å². The SMILES string of the molecule is CC(NCC(=O)Nc1cccc(Cl)c1)C1CC1. The lowest BCUT2D eigenvalue weighted by Gasteiger charge is -2.12.